The Balaban J connectivity index is 4.77. The Kier molecular flexibility index (Phi) is 6.11. The van der Waals surface area contributed by atoms with Crippen molar-refractivity contribution in [3.05, 3.63) is 0 Å². The van der Waals surface area contributed by atoms with Crippen molar-refractivity contribution in [3.63, 3.8) is 0 Å². The van der Waals surface area contributed by atoms with Crippen molar-refractivity contribution in [2.75, 3.05) is 0 Å². The number of carboxylic acids is 1. The van der Waals surface area contributed by atoms with Gasteiger partial charge in [0.15, 0.2) is 6.04 Å². The van der Waals surface area contributed by atoms with Gasteiger partial charge < -0.3 is 26.6 Å². The number of aliphatic hydroxyl groups is 1. The number of nitrogens with two attached hydrogens (primary N) is 1. The first-order chi connectivity index (χ1) is 8.16. The summed E-state index contributed by atoms with van der Waals surface area (Å²) >= 11 is 0. The average Bonchev–Trinajstić information content (AvgIpc) is 2.20. The molecule has 0 aliphatic rings. The van der Waals surface area contributed by atoms with Gasteiger partial charge in [0, 0.05) is 0 Å². The Morgan fingerprint density at radius 3 is 1.83 bits per heavy atom. The molecule has 0 radical (unpaired) electrons. The van der Waals surface area contributed by atoms with Gasteiger partial charge in [-0.3, -0.25) is 4.79 Å². The van der Waals surface area contributed by atoms with Gasteiger partial charge in [-0.05, 0) is 12.8 Å². The van der Waals surface area contributed by atoms with Crippen LogP contribution in [0.3, 0.4) is 0 Å². The van der Waals surface area contributed by atoms with Crippen LogP contribution in [-0.4, -0.2) is 46.3 Å². The molecule has 0 fully saturated rings. The molecular formula is C10H19N3O5. The molecule has 18 heavy (non-hydrogen) atoms. The Morgan fingerprint density at radius 2 is 1.56 bits per heavy atom. The van der Waals surface area contributed by atoms with Crippen LogP contribution in [0.4, 0.5) is 4.79 Å². The van der Waals surface area contributed by atoms with Gasteiger partial charge >= 0.3 is 12.0 Å². The van der Waals surface area contributed by atoms with E-state index in [2.05, 4.69) is 10.6 Å². The third-order valence-corrected chi connectivity index (χ3v) is 2.29. The normalized spacial score (nSPS) is 15.6. The molecule has 0 saturated carbocycles. The molecule has 104 valence electrons. The lowest BCUT2D eigenvalue weighted by molar-refractivity contribution is -0.145. The van der Waals surface area contributed by atoms with Crippen LogP contribution in [0.1, 0.15) is 20.8 Å². The van der Waals surface area contributed by atoms with E-state index in [0.717, 1.165) is 0 Å². The number of primary amides is 1. The molecule has 0 aromatic heterocycles. The van der Waals surface area contributed by atoms with Crippen molar-refractivity contribution in [3.8, 4) is 0 Å². The maximum absolute atomic E-state index is 11.8. The first kappa shape index (κ1) is 16.2. The van der Waals surface area contributed by atoms with Crippen molar-refractivity contribution >= 4 is 17.9 Å². The Morgan fingerprint density at radius 1 is 1.06 bits per heavy atom. The number of amides is 3. The van der Waals surface area contributed by atoms with Crippen LogP contribution in [0.5, 0.6) is 0 Å². The molecule has 3 amide bonds. The van der Waals surface area contributed by atoms with E-state index in [1.165, 1.54) is 6.92 Å². The van der Waals surface area contributed by atoms with Crippen molar-refractivity contribution in [2.24, 2.45) is 11.7 Å². The molecule has 8 heteroatoms. The predicted molar refractivity (Wildman–Crippen MR) is 62.6 cm³/mol. The molecule has 0 saturated heterocycles. The van der Waals surface area contributed by atoms with Crippen LogP contribution >= 0.6 is 0 Å². The van der Waals surface area contributed by atoms with E-state index in [-0.39, 0.29) is 5.92 Å². The summed E-state index contributed by atoms with van der Waals surface area (Å²) in [7, 11) is 0. The van der Waals surface area contributed by atoms with E-state index >= 15 is 0 Å². The lowest BCUT2D eigenvalue weighted by Crippen LogP contribution is -2.57. The van der Waals surface area contributed by atoms with Crippen LogP contribution in [0.15, 0.2) is 0 Å². The van der Waals surface area contributed by atoms with E-state index in [1.54, 1.807) is 13.8 Å². The van der Waals surface area contributed by atoms with Crippen LogP contribution in [0.25, 0.3) is 0 Å². The second-order valence-electron chi connectivity index (χ2n) is 4.30. The number of hydrogen-bond acceptors (Lipinski definition) is 4. The molecule has 0 rings (SSSR count). The molecule has 0 aromatic carbocycles. The molecule has 1 unspecified atom stereocenters. The number of rotatable bonds is 6. The maximum Gasteiger partial charge on any atom is 0.328 e. The molecule has 0 heterocycles. The van der Waals surface area contributed by atoms with Gasteiger partial charge in [0.1, 0.15) is 6.04 Å². The SMILES string of the molecule is CC(C)C(NC(N)=O)C(=O)N[C@H](C(=O)O)[C@@H](C)O. The Bertz CT molecular complexity index is 329. The van der Waals surface area contributed by atoms with Crippen LogP contribution < -0.4 is 16.4 Å². The number of carboxylic acid groups (broad SMARTS) is 1. The van der Waals surface area contributed by atoms with Gasteiger partial charge in [-0.2, -0.15) is 0 Å². The zero-order valence-corrected chi connectivity index (χ0v) is 10.5. The van der Waals surface area contributed by atoms with Gasteiger partial charge in [0.25, 0.3) is 0 Å². The van der Waals surface area contributed by atoms with Crippen molar-refractivity contribution in [2.45, 2.75) is 39.0 Å². The third kappa shape index (κ3) is 5.00. The molecule has 8 nitrogen and oxygen atoms in total. The van der Waals surface area contributed by atoms with Crippen molar-refractivity contribution in [1.82, 2.24) is 10.6 Å². The minimum atomic E-state index is -1.44. The predicted octanol–water partition coefficient (Wildman–Crippen LogP) is -1.37. The summed E-state index contributed by atoms with van der Waals surface area (Å²) in [6.07, 6.45) is -1.26. The molecule has 0 aliphatic heterocycles. The third-order valence-electron chi connectivity index (χ3n) is 2.29. The van der Waals surface area contributed by atoms with Crippen LogP contribution in [0, 0.1) is 5.92 Å². The number of urea groups is 1. The number of carbonyl (C=O) groups excluding carboxylic acids is 2. The number of hydrogen-bond donors (Lipinski definition) is 5. The van der Waals surface area contributed by atoms with Crippen LogP contribution in [0.2, 0.25) is 0 Å². The summed E-state index contributed by atoms with van der Waals surface area (Å²) in [4.78, 5) is 33.3. The van der Waals surface area contributed by atoms with E-state index in [4.69, 9.17) is 10.8 Å². The minimum Gasteiger partial charge on any atom is -0.480 e. The number of aliphatic carboxylic acids is 1. The summed E-state index contributed by atoms with van der Waals surface area (Å²) in [6.45, 7) is 4.57. The lowest BCUT2D eigenvalue weighted by atomic mass is 10.0. The lowest BCUT2D eigenvalue weighted by Gasteiger charge is -2.24. The summed E-state index contributed by atoms with van der Waals surface area (Å²) in [5, 5.41) is 22.4. The van der Waals surface area contributed by atoms with Gasteiger partial charge in [0.05, 0.1) is 6.10 Å². The summed E-state index contributed by atoms with van der Waals surface area (Å²) in [5.41, 5.74) is 4.92. The first-order valence-corrected chi connectivity index (χ1v) is 5.44. The molecule has 6 N–H and O–H groups in total. The standard InChI is InChI=1S/C10H19N3O5/c1-4(2)6(13-10(11)18)8(15)12-7(5(3)14)9(16)17/h4-7,14H,1-3H3,(H,12,15)(H,16,17)(H3,11,13,18)/t5-,6?,7+/m1/s1. The molecule has 0 bridgehead atoms. The molecule has 0 aromatic rings. The fraction of sp³-hybridized carbons (Fsp3) is 0.700. The highest BCUT2D eigenvalue weighted by molar-refractivity contribution is 5.90. The van der Waals surface area contributed by atoms with Gasteiger partial charge in [-0.25, -0.2) is 9.59 Å². The number of nitrogens with one attached hydrogen (secondary N) is 2. The second-order valence-corrected chi connectivity index (χ2v) is 4.30. The summed E-state index contributed by atoms with van der Waals surface area (Å²) in [5.74, 6) is -2.35. The van der Waals surface area contributed by atoms with Gasteiger partial charge in [-0.15, -0.1) is 0 Å². The van der Waals surface area contributed by atoms with Crippen molar-refractivity contribution < 1.29 is 24.6 Å². The van der Waals surface area contributed by atoms with E-state index in [1.807, 2.05) is 0 Å². The highest BCUT2D eigenvalue weighted by Gasteiger charge is 2.30. The Hall–Kier alpha value is -1.83. The van der Waals surface area contributed by atoms with E-state index < -0.39 is 36.1 Å². The molecule has 3 atom stereocenters. The van der Waals surface area contributed by atoms with Gasteiger partial charge in [-0.1, -0.05) is 13.8 Å². The topological polar surface area (TPSA) is 142 Å². The summed E-state index contributed by atoms with van der Waals surface area (Å²) < 4.78 is 0. The molecule has 0 aliphatic carbocycles. The Labute approximate surface area is 105 Å². The fourth-order valence-electron chi connectivity index (χ4n) is 1.32. The number of aliphatic hydroxyl groups excluding tert-OH is 1. The van der Waals surface area contributed by atoms with Gasteiger partial charge in [0.2, 0.25) is 5.91 Å². The highest BCUT2D eigenvalue weighted by atomic mass is 16.4. The largest absolute Gasteiger partial charge is 0.480 e. The second kappa shape index (κ2) is 6.80. The maximum atomic E-state index is 11.8. The number of carbonyl (C=O) groups is 3. The zero-order chi connectivity index (χ0) is 14.5. The molecule has 0 spiro atoms. The molecular weight excluding hydrogens is 242 g/mol. The average molecular weight is 261 g/mol. The highest BCUT2D eigenvalue weighted by Crippen LogP contribution is 2.03. The van der Waals surface area contributed by atoms with E-state index in [9.17, 15) is 19.5 Å². The summed E-state index contributed by atoms with van der Waals surface area (Å²) in [6, 6.07) is -3.27. The zero-order valence-electron chi connectivity index (χ0n) is 10.5. The smallest absolute Gasteiger partial charge is 0.328 e. The monoisotopic (exact) mass is 261 g/mol. The first-order valence-electron chi connectivity index (χ1n) is 5.44. The fourth-order valence-corrected chi connectivity index (χ4v) is 1.32. The van der Waals surface area contributed by atoms with Crippen LogP contribution in [-0.2, 0) is 9.59 Å². The minimum absolute atomic E-state index is 0.277. The van der Waals surface area contributed by atoms with E-state index in [0.29, 0.717) is 0 Å². The van der Waals surface area contributed by atoms with Crippen molar-refractivity contribution in [1.29, 1.82) is 0 Å². The quantitative estimate of drug-likeness (QED) is 0.401.